The number of nitrogens with zero attached hydrogens (tertiary/aromatic N) is 1. The van der Waals surface area contributed by atoms with Crippen molar-refractivity contribution in [1.29, 1.82) is 0 Å². The van der Waals surface area contributed by atoms with Crippen LogP contribution in [0.4, 0.5) is 5.69 Å². The SMILES string of the molecule is COC(OC)[C@H]1C[C@H](OC)O[C@H]1c1ccc([N+](=O)[O-])cc1. The van der Waals surface area contributed by atoms with Gasteiger partial charge in [-0.2, -0.15) is 0 Å². The van der Waals surface area contributed by atoms with Crippen molar-refractivity contribution in [3.8, 4) is 0 Å². The lowest BCUT2D eigenvalue weighted by Gasteiger charge is -2.25. The summed E-state index contributed by atoms with van der Waals surface area (Å²) in [6, 6.07) is 6.31. The highest BCUT2D eigenvalue weighted by Gasteiger charge is 2.41. The maximum absolute atomic E-state index is 10.7. The molecule has 21 heavy (non-hydrogen) atoms. The molecule has 0 aliphatic carbocycles. The van der Waals surface area contributed by atoms with E-state index in [1.54, 1.807) is 33.5 Å². The van der Waals surface area contributed by atoms with E-state index in [4.69, 9.17) is 18.9 Å². The van der Waals surface area contributed by atoms with E-state index in [2.05, 4.69) is 0 Å². The number of non-ortho nitro benzene ring substituents is 1. The van der Waals surface area contributed by atoms with Crippen LogP contribution in [0.15, 0.2) is 24.3 Å². The zero-order valence-corrected chi connectivity index (χ0v) is 12.2. The van der Waals surface area contributed by atoms with E-state index < -0.39 is 11.2 Å². The average molecular weight is 297 g/mol. The fraction of sp³-hybridized carbons (Fsp3) is 0.571. The molecule has 7 heteroatoms. The Balaban J connectivity index is 2.23. The summed E-state index contributed by atoms with van der Waals surface area (Å²) >= 11 is 0. The Bertz CT molecular complexity index is 473. The molecule has 1 aromatic carbocycles. The first-order chi connectivity index (χ1) is 10.1. The number of nitro benzene ring substituents is 1. The topological polar surface area (TPSA) is 80.1 Å². The van der Waals surface area contributed by atoms with E-state index in [1.165, 1.54) is 12.1 Å². The number of nitro groups is 1. The maximum Gasteiger partial charge on any atom is 0.269 e. The van der Waals surface area contributed by atoms with Crippen LogP contribution >= 0.6 is 0 Å². The third-order valence-electron chi connectivity index (χ3n) is 3.66. The van der Waals surface area contributed by atoms with Gasteiger partial charge in [0.05, 0.1) is 11.0 Å². The van der Waals surface area contributed by atoms with Gasteiger partial charge in [0.25, 0.3) is 5.69 Å². The second-order valence-electron chi connectivity index (χ2n) is 4.81. The molecule has 0 saturated carbocycles. The Morgan fingerprint density at radius 3 is 2.33 bits per heavy atom. The molecule has 1 aliphatic heterocycles. The molecule has 0 aromatic heterocycles. The second-order valence-corrected chi connectivity index (χ2v) is 4.81. The van der Waals surface area contributed by atoms with Crippen molar-refractivity contribution in [2.24, 2.45) is 5.92 Å². The van der Waals surface area contributed by atoms with Gasteiger partial charge in [-0.25, -0.2) is 0 Å². The fourth-order valence-electron chi connectivity index (χ4n) is 2.63. The Morgan fingerprint density at radius 2 is 1.86 bits per heavy atom. The van der Waals surface area contributed by atoms with E-state index in [-0.39, 0.29) is 24.0 Å². The smallest absolute Gasteiger partial charge is 0.269 e. The lowest BCUT2D eigenvalue weighted by Crippen LogP contribution is -2.27. The molecular weight excluding hydrogens is 278 g/mol. The van der Waals surface area contributed by atoms with Crippen molar-refractivity contribution >= 4 is 5.69 Å². The first-order valence-electron chi connectivity index (χ1n) is 6.59. The molecule has 1 saturated heterocycles. The molecule has 1 aromatic rings. The quantitative estimate of drug-likeness (QED) is 0.455. The molecule has 7 nitrogen and oxygen atoms in total. The van der Waals surface area contributed by atoms with Crippen LogP contribution in [0.2, 0.25) is 0 Å². The summed E-state index contributed by atoms with van der Waals surface area (Å²) in [6.45, 7) is 0. The standard InChI is InChI=1S/C14H19NO6/c1-18-12-8-11(14(19-2)20-3)13(21-12)9-4-6-10(7-5-9)15(16)17/h4-7,11-14H,8H2,1-3H3/t11-,12+,13-/m0/s1. The molecule has 3 atom stereocenters. The van der Waals surface area contributed by atoms with Crippen LogP contribution < -0.4 is 0 Å². The van der Waals surface area contributed by atoms with Gasteiger partial charge in [0.2, 0.25) is 0 Å². The predicted molar refractivity (Wildman–Crippen MR) is 73.6 cm³/mol. The molecule has 0 spiro atoms. The van der Waals surface area contributed by atoms with Gasteiger partial charge in [-0.15, -0.1) is 0 Å². The maximum atomic E-state index is 10.7. The summed E-state index contributed by atoms with van der Waals surface area (Å²) in [4.78, 5) is 10.3. The van der Waals surface area contributed by atoms with Gasteiger partial charge in [0, 0.05) is 45.8 Å². The van der Waals surface area contributed by atoms with Gasteiger partial charge >= 0.3 is 0 Å². The molecule has 1 heterocycles. The highest BCUT2D eigenvalue weighted by molar-refractivity contribution is 5.34. The van der Waals surface area contributed by atoms with Crippen LogP contribution in [0.5, 0.6) is 0 Å². The Morgan fingerprint density at radius 1 is 1.24 bits per heavy atom. The normalized spacial score (nSPS) is 25.4. The molecule has 0 N–H and O–H groups in total. The van der Waals surface area contributed by atoms with Gasteiger partial charge in [-0.1, -0.05) is 0 Å². The minimum absolute atomic E-state index is 0.0478. The first-order valence-corrected chi connectivity index (χ1v) is 6.59. The largest absolute Gasteiger partial charge is 0.356 e. The van der Waals surface area contributed by atoms with Gasteiger partial charge in [-0.05, 0) is 17.7 Å². The van der Waals surface area contributed by atoms with Crippen molar-refractivity contribution in [2.75, 3.05) is 21.3 Å². The number of ether oxygens (including phenoxy) is 4. The molecule has 0 unspecified atom stereocenters. The number of methoxy groups -OCH3 is 3. The third-order valence-corrected chi connectivity index (χ3v) is 3.66. The first kappa shape index (κ1) is 15.8. The van der Waals surface area contributed by atoms with Crippen molar-refractivity contribution in [1.82, 2.24) is 0 Å². The van der Waals surface area contributed by atoms with Gasteiger partial charge in [0.1, 0.15) is 0 Å². The van der Waals surface area contributed by atoms with Crippen LogP contribution in [0.3, 0.4) is 0 Å². The predicted octanol–water partition coefficient (Wildman–Crippen LogP) is 2.26. The zero-order valence-electron chi connectivity index (χ0n) is 12.2. The van der Waals surface area contributed by atoms with Gasteiger partial charge in [0.15, 0.2) is 12.6 Å². The molecule has 0 amide bonds. The van der Waals surface area contributed by atoms with E-state index >= 15 is 0 Å². The van der Waals surface area contributed by atoms with E-state index in [9.17, 15) is 10.1 Å². The Labute approximate surface area is 122 Å². The molecular formula is C14H19NO6. The number of rotatable bonds is 6. The van der Waals surface area contributed by atoms with Crippen LogP contribution in [-0.2, 0) is 18.9 Å². The minimum Gasteiger partial charge on any atom is -0.356 e. The molecule has 1 aliphatic rings. The van der Waals surface area contributed by atoms with E-state index in [0.29, 0.717) is 6.42 Å². The van der Waals surface area contributed by atoms with Crippen molar-refractivity contribution in [3.05, 3.63) is 39.9 Å². The highest BCUT2D eigenvalue weighted by atomic mass is 16.7. The molecule has 2 rings (SSSR count). The van der Waals surface area contributed by atoms with Crippen molar-refractivity contribution < 1.29 is 23.9 Å². The molecule has 1 fully saturated rings. The van der Waals surface area contributed by atoms with E-state index in [0.717, 1.165) is 5.56 Å². The molecule has 116 valence electrons. The highest BCUT2D eigenvalue weighted by Crippen LogP contribution is 2.41. The number of benzene rings is 1. The summed E-state index contributed by atoms with van der Waals surface area (Å²) in [5.41, 5.74) is 0.885. The van der Waals surface area contributed by atoms with E-state index in [1.807, 2.05) is 0 Å². The number of hydrogen-bond acceptors (Lipinski definition) is 6. The number of hydrogen-bond donors (Lipinski definition) is 0. The van der Waals surface area contributed by atoms with Gasteiger partial charge in [-0.3, -0.25) is 10.1 Å². The van der Waals surface area contributed by atoms with Crippen LogP contribution in [0.1, 0.15) is 18.1 Å². The van der Waals surface area contributed by atoms with Gasteiger partial charge < -0.3 is 18.9 Å². The summed E-state index contributed by atoms with van der Waals surface area (Å²) in [6.07, 6.45) is -0.432. The Kier molecular flexibility index (Phi) is 5.24. The zero-order chi connectivity index (χ0) is 15.4. The van der Waals surface area contributed by atoms with Crippen LogP contribution in [0.25, 0.3) is 0 Å². The lowest BCUT2D eigenvalue weighted by molar-refractivity contribution is -0.384. The second kappa shape index (κ2) is 6.95. The molecule has 0 radical (unpaired) electrons. The lowest BCUT2D eigenvalue weighted by atomic mass is 9.94. The third kappa shape index (κ3) is 3.38. The fourth-order valence-corrected chi connectivity index (χ4v) is 2.63. The summed E-state index contributed by atoms with van der Waals surface area (Å²) in [7, 11) is 4.72. The van der Waals surface area contributed by atoms with Crippen molar-refractivity contribution in [2.45, 2.75) is 25.1 Å². The Hall–Kier alpha value is -1.54. The average Bonchev–Trinajstić information content (AvgIpc) is 2.93. The summed E-state index contributed by atoms with van der Waals surface area (Å²) in [5.74, 6) is -0.0496. The summed E-state index contributed by atoms with van der Waals surface area (Å²) < 4.78 is 21.7. The van der Waals surface area contributed by atoms with Crippen molar-refractivity contribution in [3.63, 3.8) is 0 Å². The van der Waals surface area contributed by atoms with Crippen LogP contribution in [-0.4, -0.2) is 38.8 Å². The van der Waals surface area contributed by atoms with Crippen LogP contribution in [0, 0.1) is 16.0 Å². The monoisotopic (exact) mass is 297 g/mol. The minimum atomic E-state index is -0.429. The molecule has 0 bridgehead atoms. The summed E-state index contributed by atoms with van der Waals surface area (Å²) in [5, 5.41) is 10.7.